The van der Waals surface area contributed by atoms with Crippen LogP contribution in [0.2, 0.25) is 5.02 Å². The molecule has 0 radical (unpaired) electrons. The van der Waals surface area contributed by atoms with Gasteiger partial charge in [-0.1, -0.05) is 11.6 Å². The number of ether oxygens (including phenoxy) is 1. The van der Waals surface area contributed by atoms with Gasteiger partial charge < -0.3 is 14.9 Å². The molecule has 0 aliphatic rings. The van der Waals surface area contributed by atoms with E-state index >= 15 is 0 Å². The topological polar surface area (TPSA) is 111 Å². The fraction of sp³-hybridized carbons (Fsp3) is 0.200. The van der Waals surface area contributed by atoms with Crippen molar-refractivity contribution in [3.63, 3.8) is 0 Å². The molecular weight excluding hydrogens is 410 g/mol. The molecule has 0 saturated carbocycles. The first-order chi connectivity index (χ1) is 14.5. The van der Waals surface area contributed by atoms with E-state index in [4.69, 9.17) is 16.3 Å². The van der Waals surface area contributed by atoms with Gasteiger partial charge in [-0.05, 0) is 30.5 Å². The minimum Gasteiger partial charge on any atom is -0.507 e. The van der Waals surface area contributed by atoms with Crippen LogP contribution in [0, 0.1) is 0 Å². The molecule has 2 heterocycles. The maximum atomic E-state index is 11.1. The van der Waals surface area contributed by atoms with Crippen LogP contribution in [-0.2, 0) is 4.79 Å². The number of hydrogen-bond donors (Lipinski definition) is 2. The van der Waals surface area contributed by atoms with E-state index in [2.05, 4.69) is 15.1 Å². The fourth-order valence-electron chi connectivity index (χ4n) is 2.78. The van der Waals surface area contributed by atoms with Crippen LogP contribution in [0.4, 0.5) is 5.69 Å². The summed E-state index contributed by atoms with van der Waals surface area (Å²) < 4.78 is 5.76. The summed E-state index contributed by atoms with van der Waals surface area (Å²) in [4.78, 5) is 20.6. The van der Waals surface area contributed by atoms with Gasteiger partial charge in [0.05, 0.1) is 22.3 Å². The summed E-state index contributed by atoms with van der Waals surface area (Å²) in [5.41, 5.74) is 0.532. The predicted octanol–water partition coefficient (Wildman–Crippen LogP) is 3.00. The molecule has 2 N–H and O–H groups in total. The number of phenolic OH excluding ortho intramolecular Hbond substituents is 1. The van der Waals surface area contributed by atoms with Crippen LogP contribution in [0.15, 0.2) is 48.0 Å². The maximum Gasteiger partial charge on any atom is 0.231 e. The van der Waals surface area contributed by atoms with Crippen LogP contribution in [-0.4, -0.2) is 57.5 Å². The summed E-state index contributed by atoms with van der Waals surface area (Å²) in [6, 6.07) is 6.55. The second-order valence-electron chi connectivity index (χ2n) is 6.18. The van der Waals surface area contributed by atoms with E-state index in [1.54, 1.807) is 38.4 Å². The number of amides is 1. The molecule has 156 valence electrons. The van der Waals surface area contributed by atoms with Crippen molar-refractivity contribution in [2.75, 3.05) is 25.2 Å². The number of carbonyl (C=O) groups is 1. The van der Waals surface area contributed by atoms with E-state index in [1.165, 1.54) is 28.4 Å². The molecule has 1 amide bonds. The highest BCUT2D eigenvalue weighted by Crippen LogP contribution is 2.38. The number of phenols is 1. The number of hydrazone groups is 1. The number of aliphatic hydroxyl groups is 1. The molecular formula is C20H20ClN5O4. The van der Waals surface area contributed by atoms with Gasteiger partial charge in [-0.25, -0.2) is 4.98 Å². The van der Waals surface area contributed by atoms with Crippen LogP contribution in [0.3, 0.4) is 0 Å². The van der Waals surface area contributed by atoms with Gasteiger partial charge >= 0.3 is 0 Å². The van der Waals surface area contributed by atoms with E-state index in [0.717, 1.165) is 0 Å². The smallest absolute Gasteiger partial charge is 0.231 e. The molecule has 0 aliphatic heterocycles. The first-order valence-corrected chi connectivity index (χ1v) is 9.39. The third-order valence-corrected chi connectivity index (χ3v) is 4.63. The molecule has 30 heavy (non-hydrogen) atoms. The number of carbonyl (C=O) groups excluding carboxylic acids is 1. The van der Waals surface area contributed by atoms with Crippen LogP contribution in [0.5, 0.6) is 17.4 Å². The van der Waals surface area contributed by atoms with E-state index in [0.29, 0.717) is 40.2 Å². The van der Waals surface area contributed by atoms with Crippen molar-refractivity contribution in [1.29, 1.82) is 0 Å². The monoisotopic (exact) mass is 429 g/mol. The predicted molar refractivity (Wildman–Crippen MR) is 114 cm³/mol. The summed E-state index contributed by atoms with van der Waals surface area (Å²) in [7, 11) is 1.64. The Morgan fingerprint density at radius 1 is 1.33 bits per heavy atom. The summed E-state index contributed by atoms with van der Waals surface area (Å²) in [5, 5.41) is 27.3. The molecule has 3 rings (SSSR count). The maximum absolute atomic E-state index is 11.1. The number of aliphatic hydroxyl groups excluding tert-OH is 1. The number of anilines is 1. The molecule has 0 atom stereocenters. The van der Waals surface area contributed by atoms with Crippen molar-refractivity contribution < 1.29 is 19.7 Å². The molecule has 3 aromatic rings. The van der Waals surface area contributed by atoms with Crippen LogP contribution >= 0.6 is 11.6 Å². The molecule has 2 aromatic heterocycles. The van der Waals surface area contributed by atoms with Crippen LogP contribution in [0.25, 0.3) is 10.8 Å². The highest BCUT2D eigenvalue weighted by atomic mass is 35.5. The molecule has 10 heteroatoms. The van der Waals surface area contributed by atoms with Crippen molar-refractivity contribution in [1.82, 2.24) is 14.9 Å². The molecule has 0 saturated heterocycles. The number of nitrogens with zero attached hydrogens (tertiary/aromatic N) is 5. The first-order valence-electron chi connectivity index (χ1n) is 9.01. The number of rotatable bonds is 7. The normalized spacial score (nSPS) is 11.4. The number of likely N-dealkylation sites (N-methyl/N-ethyl adjacent to an activating group) is 1. The summed E-state index contributed by atoms with van der Waals surface area (Å²) >= 11 is 6.12. The van der Waals surface area contributed by atoms with Crippen LogP contribution < -0.4 is 9.75 Å². The van der Waals surface area contributed by atoms with Crippen molar-refractivity contribution >= 4 is 40.3 Å². The van der Waals surface area contributed by atoms with Gasteiger partial charge in [0, 0.05) is 32.1 Å². The quantitative estimate of drug-likeness (QED) is 0.257. The van der Waals surface area contributed by atoms with Gasteiger partial charge in [-0.2, -0.15) is 5.10 Å². The number of aromatic nitrogens is 2. The average molecular weight is 430 g/mol. The minimum atomic E-state index is -0.412. The van der Waals surface area contributed by atoms with E-state index in [-0.39, 0.29) is 17.5 Å². The molecule has 0 aliphatic carbocycles. The van der Waals surface area contributed by atoms with Crippen molar-refractivity contribution in [3.8, 4) is 17.4 Å². The zero-order chi connectivity index (χ0) is 21.7. The molecule has 1 aromatic carbocycles. The largest absolute Gasteiger partial charge is 0.507 e. The van der Waals surface area contributed by atoms with Crippen molar-refractivity contribution in [2.45, 2.75) is 6.92 Å². The molecule has 0 unspecified atom stereocenters. The van der Waals surface area contributed by atoms with Gasteiger partial charge in [0.15, 0.2) is 11.6 Å². The lowest BCUT2D eigenvalue weighted by molar-refractivity contribution is -0.114. The zero-order valence-corrected chi connectivity index (χ0v) is 17.1. The lowest BCUT2D eigenvalue weighted by atomic mass is 10.1. The highest BCUT2D eigenvalue weighted by Gasteiger charge is 2.15. The lowest BCUT2D eigenvalue weighted by Crippen LogP contribution is -2.34. The Hall–Kier alpha value is -3.43. The van der Waals surface area contributed by atoms with Crippen LogP contribution in [0.1, 0.15) is 6.92 Å². The van der Waals surface area contributed by atoms with Gasteiger partial charge in [-0.15, -0.1) is 0 Å². The van der Waals surface area contributed by atoms with Gasteiger partial charge in [0.1, 0.15) is 12.4 Å². The summed E-state index contributed by atoms with van der Waals surface area (Å²) in [6.45, 7) is 1.72. The number of halogens is 1. The number of aromatic hydroxyl groups is 1. The number of hydrogen-bond acceptors (Lipinski definition) is 8. The average Bonchev–Trinajstić information content (AvgIpc) is 2.75. The van der Waals surface area contributed by atoms with Crippen molar-refractivity contribution in [2.24, 2.45) is 5.10 Å². The van der Waals surface area contributed by atoms with E-state index in [9.17, 15) is 15.0 Å². The fourth-order valence-corrected chi connectivity index (χ4v) is 2.93. The molecule has 0 bridgehead atoms. The zero-order valence-electron chi connectivity index (χ0n) is 16.4. The summed E-state index contributed by atoms with van der Waals surface area (Å²) in [6.07, 6.45) is 5.13. The lowest BCUT2D eigenvalue weighted by Gasteiger charge is -2.21. The third-order valence-electron chi connectivity index (χ3n) is 4.31. The Balaban J connectivity index is 2.00. The van der Waals surface area contributed by atoms with Gasteiger partial charge in [-0.3, -0.25) is 19.7 Å². The van der Waals surface area contributed by atoms with E-state index in [1.807, 2.05) is 0 Å². The Morgan fingerprint density at radius 3 is 2.80 bits per heavy atom. The second kappa shape index (κ2) is 9.38. The first kappa shape index (κ1) is 21.3. The van der Waals surface area contributed by atoms with E-state index < -0.39 is 6.61 Å². The molecule has 0 fully saturated rings. The third kappa shape index (κ3) is 4.42. The molecule has 0 spiro atoms. The Bertz CT molecular complexity index is 1090. The second-order valence-corrected chi connectivity index (χ2v) is 6.58. The number of benzene rings is 1. The number of pyridine rings is 2. The highest BCUT2D eigenvalue weighted by molar-refractivity contribution is 6.32. The Morgan fingerprint density at radius 2 is 2.13 bits per heavy atom. The van der Waals surface area contributed by atoms with Crippen molar-refractivity contribution in [3.05, 3.63) is 47.9 Å². The summed E-state index contributed by atoms with van der Waals surface area (Å²) in [5.74, 6) is 0.581. The number of amidine groups is 1. The SMILES string of the molecule is CCN(C=O)/C(CO)=N\N(C)c1cc(O)c2c(Oc3cnccc3Cl)nccc2c1. The Labute approximate surface area is 177 Å². The Kier molecular flexibility index (Phi) is 6.65. The van der Waals surface area contributed by atoms with Gasteiger partial charge in [0.25, 0.3) is 0 Å². The minimum absolute atomic E-state index is 0.0825. The number of fused-ring (bicyclic) bond motifs is 1. The standard InChI is InChI=1S/C20H20ClN5O4/c1-3-26(12-28)18(11-27)24-25(2)14-8-13-4-7-23-20(19(13)16(29)9-14)30-17-10-22-6-5-15(17)21/h4-10,12,27,29H,3,11H2,1-2H3/b24-18-. The van der Waals surface area contributed by atoms with Gasteiger partial charge in [0.2, 0.25) is 12.3 Å². The molecule has 9 nitrogen and oxygen atoms in total.